The maximum absolute atomic E-state index is 14.1. The van der Waals surface area contributed by atoms with E-state index in [1.54, 1.807) is 11.0 Å². The first-order valence-electron chi connectivity index (χ1n) is 6.54. The summed E-state index contributed by atoms with van der Waals surface area (Å²) in [6.07, 6.45) is 1.69. The molecule has 1 saturated heterocycles. The van der Waals surface area contributed by atoms with Gasteiger partial charge in [0.15, 0.2) is 11.6 Å². The van der Waals surface area contributed by atoms with Gasteiger partial charge >= 0.3 is 0 Å². The van der Waals surface area contributed by atoms with Crippen LogP contribution in [-0.4, -0.2) is 25.7 Å². The van der Waals surface area contributed by atoms with Crippen LogP contribution in [0.2, 0.25) is 0 Å². The molecular weight excluding hydrogens is 248 g/mol. The molecule has 1 atom stereocenters. The molecule has 0 aliphatic carbocycles. The van der Waals surface area contributed by atoms with Crippen LogP contribution in [0, 0.1) is 23.0 Å². The van der Waals surface area contributed by atoms with E-state index in [4.69, 9.17) is 5.26 Å². The van der Waals surface area contributed by atoms with Gasteiger partial charge in [0, 0.05) is 19.1 Å². The molecule has 2 rings (SSSR count). The van der Waals surface area contributed by atoms with E-state index in [-0.39, 0.29) is 17.3 Å². The summed E-state index contributed by atoms with van der Waals surface area (Å²) in [4.78, 5) is 1.78. The van der Waals surface area contributed by atoms with E-state index in [1.807, 2.05) is 6.92 Å². The summed E-state index contributed by atoms with van der Waals surface area (Å²) < 4.78 is 28.1. The smallest absolute Gasteiger partial charge is 0.150 e. The Morgan fingerprint density at radius 1 is 1.42 bits per heavy atom. The summed E-state index contributed by atoms with van der Waals surface area (Å²) in [5.74, 6) is -1.31. The van der Waals surface area contributed by atoms with Gasteiger partial charge in [0.05, 0.1) is 11.6 Å². The maximum Gasteiger partial charge on any atom is 0.150 e. The number of benzene rings is 1. The molecule has 5 heteroatoms. The number of rotatable bonds is 4. The van der Waals surface area contributed by atoms with E-state index in [0.717, 1.165) is 38.1 Å². The summed E-state index contributed by atoms with van der Waals surface area (Å²) in [6, 6.07) is 4.07. The molecular formula is C14H17F2N3. The molecule has 1 aromatic rings. The average molecular weight is 265 g/mol. The number of hydrogen-bond acceptors (Lipinski definition) is 3. The molecule has 0 spiro atoms. The molecule has 0 radical (unpaired) electrons. The summed E-state index contributed by atoms with van der Waals surface area (Å²) in [6.45, 7) is 4.18. The molecule has 19 heavy (non-hydrogen) atoms. The molecule has 102 valence electrons. The second kappa shape index (κ2) is 5.98. The van der Waals surface area contributed by atoms with Crippen LogP contribution in [0.3, 0.4) is 0 Å². The standard InChI is InChI=1S/C14H17F2N3/c1-2-5-19(11-3-4-18-9-11)14-12(15)6-10(8-17)7-13(14)16/h6-7,11,18H,2-5,9H2,1H3. The Balaban J connectivity index is 2.38. The largest absolute Gasteiger partial charge is 0.362 e. The second-order valence-corrected chi connectivity index (χ2v) is 4.74. The first-order chi connectivity index (χ1) is 9.17. The number of nitrogens with one attached hydrogen (secondary N) is 1. The van der Waals surface area contributed by atoms with Crippen molar-refractivity contribution in [3.63, 3.8) is 0 Å². The molecule has 1 aliphatic heterocycles. The van der Waals surface area contributed by atoms with E-state index < -0.39 is 11.6 Å². The third-order valence-electron chi connectivity index (χ3n) is 3.37. The molecule has 0 amide bonds. The van der Waals surface area contributed by atoms with E-state index >= 15 is 0 Å². The van der Waals surface area contributed by atoms with Gasteiger partial charge in [-0.3, -0.25) is 0 Å². The van der Waals surface area contributed by atoms with E-state index in [9.17, 15) is 8.78 Å². The molecule has 0 bridgehead atoms. The zero-order valence-corrected chi connectivity index (χ0v) is 10.9. The molecule has 1 aliphatic rings. The predicted octanol–water partition coefficient (Wildman–Crippen LogP) is 2.41. The Hall–Kier alpha value is -1.67. The second-order valence-electron chi connectivity index (χ2n) is 4.74. The highest BCUT2D eigenvalue weighted by Gasteiger charge is 2.26. The fourth-order valence-electron chi connectivity index (χ4n) is 2.53. The Labute approximate surface area is 111 Å². The Morgan fingerprint density at radius 2 is 2.11 bits per heavy atom. The summed E-state index contributed by atoms with van der Waals surface area (Å²) in [5, 5.41) is 11.9. The van der Waals surface area contributed by atoms with Crippen LogP contribution in [0.15, 0.2) is 12.1 Å². The van der Waals surface area contributed by atoms with Crippen LogP contribution in [0.1, 0.15) is 25.3 Å². The average Bonchev–Trinajstić information content (AvgIpc) is 2.90. The number of nitrogens with zero attached hydrogens (tertiary/aromatic N) is 2. The van der Waals surface area contributed by atoms with E-state index in [1.165, 1.54) is 0 Å². The van der Waals surface area contributed by atoms with Gasteiger partial charge in [-0.15, -0.1) is 0 Å². The molecule has 1 heterocycles. The van der Waals surface area contributed by atoms with Crippen molar-refractivity contribution < 1.29 is 8.78 Å². The molecule has 1 fully saturated rings. The molecule has 3 nitrogen and oxygen atoms in total. The van der Waals surface area contributed by atoms with E-state index in [2.05, 4.69) is 5.32 Å². The van der Waals surface area contributed by atoms with Gasteiger partial charge in [-0.1, -0.05) is 6.92 Å². The van der Waals surface area contributed by atoms with Crippen LogP contribution < -0.4 is 10.2 Å². The number of hydrogen-bond donors (Lipinski definition) is 1. The van der Waals surface area contributed by atoms with Gasteiger partial charge in [0.25, 0.3) is 0 Å². The molecule has 1 N–H and O–H groups in total. The first-order valence-corrected chi connectivity index (χ1v) is 6.54. The number of halogens is 2. The van der Waals surface area contributed by atoms with Gasteiger partial charge < -0.3 is 10.2 Å². The summed E-state index contributed by atoms with van der Waals surface area (Å²) >= 11 is 0. The molecule has 1 aromatic carbocycles. The van der Waals surface area contributed by atoms with Crippen LogP contribution in [0.5, 0.6) is 0 Å². The van der Waals surface area contributed by atoms with Crippen LogP contribution in [0.25, 0.3) is 0 Å². The zero-order chi connectivity index (χ0) is 13.8. The Morgan fingerprint density at radius 3 is 2.58 bits per heavy atom. The van der Waals surface area contributed by atoms with Crippen LogP contribution >= 0.6 is 0 Å². The third-order valence-corrected chi connectivity index (χ3v) is 3.37. The fourth-order valence-corrected chi connectivity index (χ4v) is 2.53. The first kappa shape index (κ1) is 13.8. The number of anilines is 1. The highest BCUT2D eigenvalue weighted by molar-refractivity contribution is 5.53. The minimum Gasteiger partial charge on any atom is -0.362 e. The van der Waals surface area contributed by atoms with Crippen LogP contribution in [-0.2, 0) is 0 Å². The highest BCUT2D eigenvalue weighted by Crippen LogP contribution is 2.28. The van der Waals surface area contributed by atoms with Crippen molar-refractivity contribution in [2.75, 3.05) is 24.5 Å². The third kappa shape index (κ3) is 2.85. The summed E-state index contributed by atoms with van der Waals surface area (Å²) in [7, 11) is 0. The lowest BCUT2D eigenvalue weighted by Gasteiger charge is -2.31. The molecule has 0 aromatic heterocycles. The van der Waals surface area contributed by atoms with Crippen molar-refractivity contribution in [1.82, 2.24) is 5.32 Å². The topological polar surface area (TPSA) is 39.1 Å². The van der Waals surface area contributed by atoms with Crippen molar-refractivity contribution in [2.24, 2.45) is 0 Å². The lowest BCUT2D eigenvalue weighted by Crippen LogP contribution is -2.38. The van der Waals surface area contributed by atoms with Gasteiger partial charge in [-0.2, -0.15) is 5.26 Å². The maximum atomic E-state index is 14.1. The Bertz CT molecular complexity index is 467. The van der Waals surface area contributed by atoms with Crippen molar-refractivity contribution in [1.29, 1.82) is 5.26 Å². The monoisotopic (exact) mass is 265 g/mol. The zero-order valence-electron chi connectivity index (χ0n) is 10.9. The lowest BCUT2D eigenvalue weighted by atomic mass is 10.1. The molecule has 1 unspecified atom stereocenters. The fraction of sp³-hybridized carbons (Fsp3) is 0.500. The predicted molar refractivity (Wildman–Crippen MR) is 70.0 cm³/mol. The highest BCUT2D eigenvalue weighted by atomic mass is 19.1. The van der Waals surface area contributed by atoms with Gasteiger partial charge in [0.2, 0.25) is 0 Å². The molecule has 0 saturated carbocycles. The van der Waals surface area contributed by atoms with Crippen molar-refractivity contribution >= 4 is 5.69 Å². The van der Waals surface area contributed by atoms with Crippen molar-refractivity contribution in [2.45, 2.75) is 25.8 Å². The van der Waals surface area contributed by atoms with Gasteiger partial charge in [-0.05, 0) is 31.5 Å². The normalized spacial score (nSPS) is 18.3. The van der Waals surface area contributed by atoms with Crippen molar-refractivity contribution in [3.8, 4) is 6.07 Å². The van der Waals surface area contributed by atoms with Crippen LogP contribution in [0.4, 0.5) is 14.5 Å². The van der Waals surface area contributed by atoms with Gasteiger partial charge in [-0.25, -0.2) is 8.78 Å². The summed E-state index contributed by atoms with van der Waals surface area (Å²) in [5.41, 5.74) is 0.00861. The van der Waals surface area contributed by atoms with E-state index in [0.29, 0.717) is 6.54 Å². The number of nitriles is 1. The minimum atomic E-state index is -0.656. The lowest BCUT2D eigenvalue weighted by molar-refractivity contribution is 0.542. The van der Waals surface area contributed by atoms with Gasteiger partial charge in [0.1, 0.15) is 5.69 Å². The van der Waals surface area contributed by atoms with Crippen molar-refractivity contribution in [3.05, 3.63) is 29.3 Å². The SMILES string of the molecule is CCCN(c1c(F)cc(C#N)cc1F)C1CCNC1. The minimum absolute atomic E-state index is 0.00505. The quantitative estimate of drug-likeness (QED) is 0.908. The Kier molecular flexibility index (Phi) is 4.33.